The standard InChI is InChI=1S/C10H10F3NO4/c1-5-6(3-8(15)16)14-4-7(9(5)17-2)18-10(11,12)13/h4H,3H2,1-2H3,(H,15,16). The summed E-state index contributed by atoms with van der Waals surface area (Å²) in [6.45, 7) is 1.41. The second-order valence-electron chi connectivity index (χ2n) is 3.35. The molecule has 1 aromatic rings. The molecule has 0 saturated heterocycles. The molecule has 1 aromatic heterocycles. The van der Waals surface area contributed by atoms with Crippen LogP contribution in [0.25, 0.3) is 0 Å². The smallest absolute Gasteiger partial charge is 0.492 e. The third-order valence-electron chi connectivity index (χ3n) is 2.08. The minimum absolute atomic E-state index is 0.119. The molecule has 0 unspecified atom stereocenters. The number of alkyl halides is 3. The minimum atomic E-state index is -4.87. The first kappa shape index (κ1) is 14.1. The number of aromatic nitrogens is 1. The normalized spacial score (nSPS) is 11.2. The summed E-state index contributed by atoms with van der Waals surface area (Å²) in [5.41, 5.74) is 0.315. The number of halogens is 3. The van der Waals surface area contributed by atoms with Crippen LogP contribution < -0.4 is 9.47 Å². The molecule has 5 nitrogen and oxygen atoms in total. The predicted octanol–water partition coefficient (Wildman–Crippen LogP) is 1.92. The van der Waals surface area contributed by atoms with Gasteiger partial charge < -0.3 is 14.6 Å². The van der Waals surface area contributed by atoms with Crippen LogP contribution in [0.5, 0.6) is 11.5 Å². The van der Waals surface area contributed by atoms with Crippen molar-refractivity contribution in [3.63, 3.8) is 0 Å². The van der Waals surface area contributed by atoms with Crippen molar-refractivity contribution >= 4 is 5.97 Å². The number of carboxylic acids is 1. The topological polar surface area (TPSA) is 68.7 Å². The largest absolute Gasteiger partial charge is 0.573 e. The predicted molar refractivity (Wildman–Crippen MR) is 53.5 cm³/mol. The molecule has 1 heterocycles. The van der Waals surface area contributed by atoms with Crippen LogP contribution in [0.3, 0.4) is 0 Å². The van der Waals surface area contributed by atoms with Crippen LogP contribution >= 0.6 is 0 Å². The highest BCUT2D eigenvalue weighted by atomic mass is 19.4. The van der Waals surface area contributed by atoms with Gasteiger partial charge in [0.25, 0.3) is 0 Å². The average molecular weight is 265 g/mol. The molecule has 0 aromatic carbocycles. The van der Waals surface area contributed by atoms with Crippen LogP contribution in [0.15, 0.2) is 6.20 Å². The lowest BCUT2D eigenvalue weighted by Crippen LogP contribution is -2.18. The fourth-order valence-corrected chi connectivity index (χ4v) is 1.38. The monoisotopic (exact) mass is 265 g/mol. The molecule has 0 bridgehead atoms. The molecule has 0 fully saturated rings. The molecule has 18 heavy (non-hydrogen) atoms. The van der Waals surface area contributed by atoms with E-state index in [2.05, 4.69) is 9.72 Å². The molecule has 0 aliphatic rings. The van der Waals surface area contributed by atoms with Crippen molar-refractivity contribution in [3.8, 4) is 11.5 Å². The Kier molecular flexibility index (Phi) is 4.00. The van der Waals surface area contributed by atoms with Gasteiger partial charge in [0.15, 0.2) is 11.5 Å². The van der Waals surface area contributed by atoms with Crippen molar-refractivity contribution in [1.82, 2.24) is 4.98 Å². The molecule has 0 radical (unpaired) electrons. The molecule has 1 N–H and O–H groups in total. The van der Waals surface area contributed by atoms with Crippen molar-refractivity contribution in [2.45, 2.75) is 19.7 Å². The summed E-state index contributed by atoms with van der Waals surface area (Å²) in [6, 6.07) is 0. The lowest BCUT2D eigenvalue weighted by Gasteiger charge is -2.15. The zero-order valence-corrected chi connectivity index (χ0v) is 9.54. The van der Waals surface area contributed by atoms with E-state index in [1.165, 1.54) is 6.92 Å². The Morgan fingerprint density at radius 1 is 1.50 bits per heavy atom. The third-order valence-corrected chi connectivity index (χ3v) is 2.08. The van der Waals surface area contributed by atoms with Crippen molar-refractivity contribution in [3.05, 3.63) is 17.5 Å². The van der Waals surface area contributed by atoms with E-state index in [0.29, 0.717) is 0 Å². The Bertz CT molecular complexity index is 459. The molecular weight excluding hydrogens is 255 g/mol. The second kappa shape index (κ2) is 5.11. The fourth-order valence-electron chi connectivity index (χ4n) is 1.38. The van der Waals surface area contributed by atoms with Gasteiger partial charge in [0.1, 0.15) is 0 Å². The first-order chi connectivity index (χ1) is 8.24. The van der Waals surface area contributed by atoms with E-state index < -0.39 is 24.5 Å². The molecule has 100 valence electrons. The van der Waals surface area contributed by atoms with Gasteiger partial charge in [0.2, 0.25) is 0 Å². The number of nitrogens with zero attached hydrogens (tertiary/aromatic N) is 1. The number of rotatable bonds is 4. The highest BCUT2D eigenvalue weighted by Crippen LogP contribution is 2.35. The van der Waals surface area contributed by atoms with Crippen molar-refractivity contribution < 1.29 is 32.5 Å². The Morgan fingerprint density at radius 2 is 2.11 bits per heavy atom. The van der Waals surface area contributed by atoms with E-state index in [0.717, 1.165) is 13.3 Å². The maximum Gasteiger partial charge on any atom is 0.573 e. The van der Waals surface area contributed by atoms with E-state index in [1.54, 1.807) is 0 Å². The molecule has 1 rings (SSSR count). The Hall–Kier alpha value is -1.99. The molecule has 0 amide bonds. The van der Waals surface area contributed by atoms with Crippen LogP contribution in [0.2, 0.25) is 0 Å². The lowest BCUT2D eigenvalue weighted by atomic mass is 10.1. The maximum atomic E-state index is 12.1. The van der Waals surface area contributed by atoms with Crippen LogP contribution in [-0.4, -0.2) is 29.5 Å². The van der Waals surface area contributed by atoms with Gasteiger partial charge >= 0.3 is 12.3 Å². The number of aliphatic carboxylic acids is 1. The molecule has 0 aliphatic carbocycles. The van der Waals surface area contributed by atoms with E-state index in [4.69, 9.17) is 9.84 Å². The Morgan fingerprint density at radius 3 is 2.56 bits per heavy atom. The van der Waals surface area contributed by atoms with Crippen LogP contribution in [-0.2, 0) is 11.2 Å². The molecule has 0 saturated carbocycles. The van der Waals surface area contributed by atoms with Gasteiger partial charge in [-0.3, -0.25) is 9.78 Å². The third kappa shape index (κ3) is 3.51. The van der Waals surface area contributed by atoms with Crippen molar-refractivity contribution in [2.24, 2.45) is 0 Å². The number of carboxylic acid groups (broad SMARTS) is 1. The summed E-state index contributed by atoms with van der Waals surface area (Å²) < 4.78 is 44.8. The zero-order chi connectivity index (χ0) is 13.9. The Labute approximate surface area is 100 Å². The quantitative estimate of drug-likeness (QED) is 0.900. The average Bonchev–Trinajstić information content (AvgIpc) is 2.20. The zero-order valence-electron chi connectivity index (χ0n) is 9.54. The van der Waals surface area contributed by atoms with Gasteiger partial charge in [-0.2, -0.15) is 0 Å². The second-order valence-corrected chi connectivity index (χ2v) is 3.35. The van der Waals surface area contributed by atoms with Gasteiger partial charge in [-0.15, -0.1) is 13.2 Å². The lowest BCUT2D eigenvalue weighted by molar-refractivity contribution is -0.275. The maximum absolute atomic E-state index is 12.1. The summed E-state index contributed by atoms with van der Waals surface area (Å²) in [7, 11) is 1.16. The van der Waals surface area contributed by atoms with Crippen molar-refractivity contribution in [1.29, 1.82) is 0 Å². The van der Waals surface area contributed by atoms with E-state index in [1.807, 2.05) is 0 Å². The van der Waals surface area contributed by atoms with Gasteiger partial charge in [0.05, 0.1) is 25.4 Å². The molecular formula is C10H10F3NO4. The highest BCUT2D eigenvalue weighted by Gasteiger charge is 2.33. The van der Waals surface area contributed by atoms with E-state index in [9.17, 15) is 18.0 Å². The van der Waals surface area contributed by atoms with Crippen molar-refractivity contribution in [2.75, 3.05) is 7.11 Å². The summed E-state index contributed by atoms with van der Waals surface area (Å²) in [5.74, 6) is -1.92. The number of ether oxygens (including phenoxy) is 2. The SMILES string of the molecule is COc1c(OC(F)(F)F)cnc(CC(=O)O)c1C. The van der Waals surface area contributed by atoms with Crippen LogP contribution in [0, 0.1) is 6.92 Å². The van der Waals surface area contributed by atoms with Gasteiger partial charge in [0, 0.05) is 5.56 Å². The van der Waals surface area contributed by atoms with E-state index >= 15 is 0 Å². The molecule has 0 spiro atoms. The van der Waals surface area contributed by atoms with Gasteiger partial charge in [-0.1, -0.05) is 0 Å². The number of hydrogen-bond acceptors (Lipinski definition) is 4. The van der Waals surface area contributed by atoms with Crippen LogP contribution in [0.4, 0.5) is 13.2 Å². The molecule has 0 atom stereocenters. The summed E-state index contributed by atoms with van der Waals surface area (Å²) in [4.78, 5) is 14.2. The van der Waals surface area contributed by atoms with Crippen LogP contribution in [0.1, 0.15) is 11.3 Å². The number of carbonyl (C=O) groups is 1. The first-order valence-corrected chi connectivity index (χ1v) is 4.74. The van der Waals surface area contributed by atoms with Gasteiger partial charge in [-0.05, 0) is 6.92 Å². The highest BCUT2D eigenvalue weighted by molar-refractivity contribution is 5.70. The summed E-state index contributed by atoms with van der Waals surface area (Å²) in [6.07, 6.45) is -4.48. The number of hydrogen-bond donors (Lipinski definition) is 1. The number of pyridine rings is 1. The first-order valence-electron chi connectivity index (χ1n) is 4.74. The fraction of sp³-hybridized carbons (Fsp3) is 0.400. The molecule has 0 aliphatic heterocycles. The van der Waals surface area contributed by atoms with E-state index in [-0.39, 0.29) is 17.0 Å². The number of methoxy groups -OCH3 is 1. The summed E-state index contributed by atoms with van der Waals surface area (Å²) in [5, 5.41) is 8.62. The summed E-state index contributed by atoms with van der Waals surface area (Å²) >= 11 is 0. The van der Waals surface area contributed by atoms with Gasteiger partial charge in [-0.25, -0.2) is 0 Å². The molecule has 8 heteroatoms. The minimum Gasteiger partial charge on any atom is -0.492 e. The Balaban J connectivity index is 3.16.